The highest BCUT2D eigenvalue weighted by Gasteiger charge is 2.27. The van der Waals surface area contributed by atoms with Gasteiger partial charge in [-0.15, -0.1) is 0 Å². The van der Waals surface area contributed by atoms with E-state index in [1.807, 2.05) is 19.1 Å². The Balaban J connectivity index is 2.12. The Morgan fingerprint density at radius 1 is 1.50 bits per heavy atom. The molecule has 1 aliphatic rings. The van der Waals surface area contributed by atoms with E-state index in [-0.39, 0.29) is 12.3 Å². The molecule has 1 N–H and O–H groups in total. The number of nitrogens with zero attached hydrogens (tertiary/aromatic N) is 1. The van der Waals surface area contributed by atoms with Gasteiger partial charge in [0.15, 0.2) is 0 Å². The third-order valence-electron chi connectivity index (χ3n) is 3.33. The summed E-state index contributed by atoms with van der Waals surface area (Å²) in [5.41, 5.74) is 1.52. The Labute approximate surface area is 125 Å². The zero-order valence-corrected chi connectivity index (χ0v) is 12.7. The van der Waals surface area contributed by atoms with Gasteiger partial charge in [0.2, 0.25) is 0 Å². The molecule has 1 fully saturated rings. The molecule has 5 nitrogen and oxygen atoms in total. The Morgan fingerprint density at radius 2 is 2.25 bits per heavy atom. The van der Waals surface area contributed by atoms with Crippen molar-refractivity contribution in [1.82, 2.24) is 4.90 Å². The molecule has 1 heterocycles. The fraction of sp³-hybridized carbons (Fsp3) is 0.429. The molecule has 0 radical (unpaired) electrons. The number of hydrogen-bond donors (Lipinski definition) is 1. The van der Waals surface area contributed by atoms with E-state index in [1.54, 1.807) is 11.0 Å². The van der Waals surface area contributed by atoms with Crippen LogP contribution in [0.3, 0.4) is 0 Å². The Hall–Kier alpha value is -1.40. The van der Waals surface area contributed by atoms with Crippen LogP contribution in [0.2, 0.25) is 0 Å². The molecule has 0 bridgehead atoms. The number of carbonyl (C=O) groups excluding carboxylic acids is 1. The van der Waals surface area contributed by atoms with Crippen LogP contribution in [0.4, 0.5) is 0 Å². The lowest BCUT2D eigenvalue weighted by Crippen LogP contribution is -2.46. The summed E-state index contributed by atoms with van der Waals surface area (Å²) in [5, 5.41) is 8.80. The third kappa shape index (κ3) is 3.37. The average Bonchev–Trinajstić information content (AvgIpc) is 2.41. The molecule has 1 aromatic rings. The number of rotatable bonds is 3. The summed E-state index contributed by atoms with van der Waals surface area (Å²) in [7, 11) is 0. The maximum Gasteiger partial charge on any atom is 0.306 e. The average molecular weight is 342 g/mol. The SMILES string of the molecule is Cc1c(Br)cccc1C(=O)N1CCO[C@@H](CC(=O)O)C1. The zero-order valence-electron chi connectivity index (χ0n) is 11.1. The van der Waals surface area contributed by atoms with Crippen molar-refractivity contribution in [3.8, 4) is 0 Å². The second-order valence-corrected chi connectivity index (χ2v) is 5.61. The molecule has 0 saturated carbocycles. The quantitative estimate of drug-likeness (QED) is 0.913. The maximum absolute atomic E-state index is 12.5. The lowest BCUT2D eigenvalue weighted by molar-refractivity contribution is -0.141. The molecule has 2 rings (SSSR count). The van der Waals surface area contributed by atoms with Gasteiger partial charge in [0.25, 0.3) is 5.91 Å². The van der Waals surface area contributed by atoms with Crippen LogP contribution in [-0.2, 0) is 9.53 Å². The van der Waals surface area contributed by atoms with E-state index in [1.165, 1.54) is 0 Å². The van der Waals surface area contributed by atoms with Gasteiger partial charge in [-0.05, 0) is 24.6 Å². The van der Waals surface area contributed by atoms with Crippen molar-refractivity contribution >= 4 is 27.8 Å². The van der Waals surface area contributed by atoms with Crippen molar-refractivity contribution in [2.24, 2.45) is 0 Å². The molecule has 1 aliphatic heterocycles. The molecule has 108 valence electrons. The minimum atomic E-state index is -0.914. The minimum Gasteiger partial charge on any atom is -0.481 e. The predicted molar refractivity (Wildman–Crippen MR) is 76.8 cm³/mol. The van der Waals surface area contributed by atoms with Gasteiger partial charge in [-0.3, -0.25) is 9.59 Å². The van der Waals surface area contributed by atoms with E-state index in [2.05, 4.69) is 15.9 Å². The van der Waals surface area contributed by atoms with E-state index in [9.17, 15) is 9.59 Å². The van der Waals surface area contributed by atoms with Gasteiger partial charge in [0.1, 0.15) is 0 Å². The number of morpholine rings is 1. The topological polar surface area (TPSA) is 66.8 Å². The predicted octanol–water partition coefficient (Wildman–Crippen LogP) is 2.07. The first-order valence-corrected chi connectivity index (χ1v) is 7.16. The highest BCUT2D eigenvalue weighted by Crippen LogP contribution is 2.22. The number of carboxylic acid groups (broad SMARTS) is 1. The largest absolute Gasteiger partial charge is 0.481 e. The number of carbonyl (C=O) groups is 2. The van der Waals surface area contributed by atoms with Crippen molar-refractivity contribution in [2.45, 2.75) is 19.4 Å². The first kappa shape index (κ1) is 15.0. The van der Waals surface area contributed by atoms with Crippen molar-refractivity contribution in [3.63, 3.8) is 0 Å². The van der Waals surface area contributed by atoms with Gasteiger partial charge in [-0.2, -0.15) is 0 Å². The molecule has 1 saturated heterocycles. The first-order valence-electron chi connectivity index (χ1n) is 6.37. The van der Waals surface area contributed by atoms with Crippen LogP contribution in [0.5, 0.6) is 0 Å². The van der Waals surface area contributed by atoms with Gasteiger partial charge in [-0.1, -0.05) is 22.0 Å². The molecule has 1 atom stereocenters. The monoisotopic (exact) mass is 341 g/mol. The first-order chi connectivity index (χ1) is 9.49. The summed E-state index contributed by atoms with van der Waals surface area (Å²) in [6.07, 6.45) is -0.515. The molecular formula is C14H16BrNO4. The lowest BCUT2D eigenvalue weighted by atomic mass is 10.1. The van der Waals surface area contributed by atoms with Crippen LogP contribution < -0.4 is 0 Å². The molecular weight excluding hydrogens is 326 g/mol. The van der Waals surface area contributed by atoms with Crippen LogP contribution in [0.15, 0.2) is 22.7 Å². The van der Waals surface area contributed by atoms with Crippen LogP contribution in [0.25, 0.3) is 0 Å². The molecule has 0 aliphatic carbocycles. The number of amides is 1. The Morgan fingerprint density at radius 3 is 2.95 bits per heavy atom. The summed E-state index contributed by atoms with van der Waals surface area (Å²) in [4.78, 5) is 24.9. The normalized spacial score (nSPS) is 18.9. The van der Waals surface area contributed by atoms with Crippen molar-refractivity contribution in [3.05, 3.63) is 33.8 Å². The number of carboxylic acids is 1. The van der Waals surface area contributed by atoms with Crippen LogP contribution in [0.1, 0.15) is 22.3 Å². The Bertz CT molecular complexity index is 532. The second kappa shape index (κ2) is 6.37. The molecule has 20 heavy (non-hydrogen) atoms. The number of halogens is 1. The summed E-state index contributed by atoms with van der Waals surface area (Å²) < 4.78 is 6.26. The van der Waals surface area contributed by atoms with E-state index >= 15 is 0 Å². The van der Waals surface area contributed by atoms with Gasteiger partial charge in [0, 0.05) is 23.1 Å². The molecule has 1 aromatic carbocycles. The lowest BCUT2D eigenvalue weighted by Gasteiger charge is -2.32. The van der Waals surface area contributed by atoms with Crippen molar-refractivity contribution in [1.29, 1.82) is 0 Å². The van der Waals surface area contributed by atoms with Gasteiger partial charge < -0.3 is 14.7 Å². The number of ether oxygens (including phenoxy) is 1. The third-order valence-corrected chi connectivity index (χ3v) is 4.19. The van der Waals surface area contributed by atoms with Crippen molar-refractivity contribution < 1.29 is 19.4 Å². The van der Waals surface area contributed by atoms with Gasteiger partial charge >= 0.3 is 5.97 Å². The van der Waals surface area contributed by atoms with Gasteiger partial charge in [0.05, 0.1) is 19.1 Å². The maximum atomic E-state index is 12.5. The molecule has 0 spiro atoms. The van der Waals surface area contributed by atoms with Crippen LogP contribution >= 0.6 is 15.9 Å². The summed E-state index contributed by atoms with van der Waals surface area (Å²) in [6.45, 7) is 3.06. The molecule has 0 aromatic heterocycles. The fourth-order valence-electron chi connectivity index (χ4n) is 2.23. The standard InChI is InChI=1S/C14H16BrNO4/c1-9-11(3-2-4-12(9)15)14(19)16-5-6-20-10(8-16)7-13(17)18/h2-4,10H,5-8H2,1H3,(H,17,18)/t10-/m0/s1. The van der Waals surface area contributed by atoms with E-state index in [0.717, 1.165) is 10.0 Å². The molecule has 1 amide bonds. The Kier molecular flexibility index (Phi) is 4.77. The van der Waals surface area contributed by atoms with Crippen LogP contribution in [-0.4, -0.2) is 47.7 Å². The van der Waals surface area contributed by atoms with E-state index in [4.69, 9.17) is 9.84 Å². The summed E-state index contributed by atoms with van der Waals surface area (Å²) in [6, 6.07) is 5.49. The van der Waals surface area contributed by atoms with Gasteiger partial charge in [-0.25, -0.2) is 0 Å². The zero-order chi connectivity index (χ0) is 14.7. The number of aliphatic carboxylic acids is 1. The molecule has 0 unspecified atom stereocenters. The summed E-state index contributed by atoms with van der Waals surface area (Å²) >= 11 is 3.41. The smallest absolute Gasteiger partial charge is 0.306 e. The second-order valence-electron chi connectivity index (χ2n) is 4.75. The number of benzene rings is 1. The number of hydrogen-bond acceptors (Lipinski definition) is 3. The van der Waals surface area contributed by atoms with E-state index < -0.39 is 12.1 Å². The molecule has 6 heteroatoms. The van der Waals surface area contributed by atoms with E-state index in [0.29, 0.717) is 25.3 Å². The fourth-order valence-corrected chi connectivity index (χ4v) is 2.60. The summed E-state index contributed by atoms with van der Waals surface area (Å²) in [5.74, 6) is -0.995. The highest BCUT2D eigenvalue weighted by atomic mass is 79.9. The minimum absolute atomic E-state index is 0.0810. The van der Waals surface area contributed by atoms with Crippen LogP contribution in [0, 0.1) is 6.92 Å². The highest BCUT2D eigenvalue weighted by molar-refractivity contribution is 9.10. The van der Waals surface area contributed by atoms with Crippen molar-refractivity contribution in [2.75, 3.05) is 19.7 Å².